The Balaban J connectivity index is 2.09. The van der Waals surface area contributed by atoms with Crippen LogP contribution in [-0.4, -0.2) is 52.3 Å². The molecular weight excluding hydrogens is 382 g/mol. The topological polar surface area (TPSA) is 57.2 Å². The standard InChI is InChI=1S/C24H27NO5/c1-6-25(2)22(26)15-30-20-13-11-17(16-9-7-8-10-18(16)20)19-12-14-21(27-3)24(29-5)23(19)28-4/h7-14H,6,15H2,1-5H3. The predicted octanol–water partition coefficient (Wildman–Crippen LogP) is 4.39. The van der Waals surface area contributed by atoms with Gasteiger partial charge in [0.25, 0.3) is 5.91 Å². The fourth-order valence-electron chi connectivity index (χ4n) is 3.37. The molecule has 0 saturated carbocycles. The van der Waals surface area contributed by atoms with E-state index in [1.807, 2.05) is 55.5 Å². The number of carbonyl (C=O) groups is 1. The first-order valence-electron chi connectivity index (χ1n) is 9.73. The summed E-state index contributed by atoms with van der Waals surface area (Å²) in [6.07, 6.45) is 0. The van der Waals surface area contributed by atoms with Gasteiger partial charge in [0.2, 0.25) is 5.75 Å². The molecule has 3 rings (SSSR count). The molecule has 3 aromatic rings. The second-order valence-electron chi connectivity index (χ2n) is 6.74. The highest BCUT2D eigenvalue weighted by Gasteiger charge is 2.19. The third-order valence-electron chi connectivity index (χ3n) is 5.13. The smallest absolute Gasteiger partial charge is 0.260 e. The Labute approximate surface area is 176 Å². The van der Waals surface area contributed by atoms with Crippen molar-refractivity contribution >= 4 is 16.7 Å². The van der Waals surface area contributed by atoms with Gasteiger partial charge in [-0.2, -0.15) is 0 Å². The number of methoxy groups -OCH3 is 3. The summed E-state index contributed by atoms with van der Waals surface area (Å²) >= 11 is 0. The van der Waals surface area contributed by atoms with Crippen LogP contribution in [0.3, 0.4) is 0 Å². The molecule has 0 aliphatic rings. The minimum atomic E-state index is -0.0628. The lowest BCUT2D eigenvalue weighted by atomic mass is 9.96. The number of amides is 1. The fourth-order valence-corrected chi connectivity index (χ4v) is 3.37. The van der Waals surface area contributed by atoms with Crippen molar-refractivity contribution in [3.63, 3.8) is 0 Å². The van der Waals surface area contributed by atoms with Gasteiger partial charge in [0.1, 0.15) is 5.75 Å². The van der Waals surface area contributed by atoms with Crippen molar-refractivity contribution in [1.29, 1.82) is 0 Å². The van der Waals surface area contributed by atoms with Crippen LogP contribution in [0.25, 0.3) is 21.9 Å². The quantitative estimate of drug-likeness (QED) is 0.552. The third-order valence-corrected chi connectivity index (χ3v) is 5.13. The summed E-state index contributed by atoms with van der Waals surface area (Å²) in [6.45, 7) is 2.56. The van der Waals surface area contributed by atoms with Crippen molar-refractivity contribution in [3.8, 4) is 34.1 Å². The third kappa shape index (κ3) is 3.99. The number of ether oxygens (including phenoxy) is 4. The number of hydrogen-bond acceptors (Lipinski definition) is 5. The molecule has 0 aliphatic carbocycles. The normalized spacial score (nSPS) is 10.6. The first-order valence-corrected chi connectivity index (χ1v) is 9.73. The summed E-state index contributed by atoms with van der Waals surface area (Å²) in [7, 11) is 6.55. The van der Waals surface area contributed by atoms with Crippen molar-refractivity contribution in [3.05, 3.63) is 48.5 Å². The molecule has 0 aliphatic heterocycles. The van der Waals surface area contributed by atoms with E-state index in [-0.39, 0.29) is 12.5 Å². The van der Waals surface area contributed by atoms with Gasteiger partial charge in [-0.3, -0.25) is 4.79 Å². The van der Waals surface area contributed by atoms with Gasteiger partial charge in [0.05, 0.1) is 21.3 Å². The Morgan fingerprint density at radius 3 is 2.07 bits per heavy atom. The van der Waals surface area contributed by atoms with Crippen LogP contribution < -0.4 is 18.9 Å². The highest BCUT2D eigenvalue weighted by atomic mass is 16.5. The molecule has 0 spiro atoms. The van der Waals surface area contributed by atoms with Gasteiger partial charge in [0, 0.05) is 24.5 Å². The second-order valence-corrected chi connectivity index (χ2v) is 6.74. The molecule has 0 radical (unpaired) electrons. The van der Waals surface area contributed by atoms with E-state index in [0.29, 0.717) is 29.5 Å². The zero-order valence-corrected chi connectivity index (χ0v) is 18.0. The zero-order chi connectivity index (χ0) is 21.7. The van der Waals surface area contributed by atoms with E-state index < -0.39 is 0 Å². The molecular formula is C24H27NO5. The predicted molar refractivity (Wildman–Crippen MR) is 118 cm³/mol. The number of fused-ring (bicyclic) bond motifs is 1. The summed E-state index contributed by atoms with van der Waals surface area (Å²) in [5.74, 6) is 2.32. The number of nitrogens with zero attached hydrogens (tertiary/aromatic N) is 1. The van der Waals surface area contributed by atoms with Crippen molar-refractivity contribution in [2.45, 2.75) is 6.92 Å². The molecule has 0 saturated heterocycles. The second kappa shape index (κ2) is 9.39. The van der Waals surface area contributed by atoms with E-state index in [0.717, 1.165) is 21.9 Å². The number of hydrogen-bond donors (Lipinski definition) is 0. The van der Waals surface area contributed by atoms with Crippen LogP contribution in [-0.2, 0) is 4.79 Å². The van der Waals surface area contributed by atoms with Crippen LogP contribution in [0.4, 0.5) is 0 Å². The van der Waals surface area contributed by atoms with Gasteiger partial charge >= 0.3 is 0 Å². The number of benzene rings is 3. The van der Waals surface area contributed by atoms with Crippen LogP contribution in [0.1, 0.15) is 6.92 Å². The van der Waals surface area contributed by atoms with Gasteiger partial charge in [-0.15, -0.1) is 0 Å². The van der Waals surface area contributed by atoms with E-state index >= 15 is 0 Å². The fraction of sp³-hybridized carbons (Fsp3) is 0.292. The summed E-state index contributed by atoms with van der Waals surface area (Å²) < 4.78 is 22.5. The molecule has 0 N–H and O–H groups in total. The molecule has 158 valence electrons. The molecule has 30 heavy (non-hydrogen) atoms. The number of rotatable bonds is 8. The largest absolute Gasteiger partial charge is 0.493 e. The minimum absolute atomic E-state index is 0.00659. The van der Waals surface area contributed by atoms with Gasteiger partial charge in [-0.25, -0.2) is 0 Å². The molecule has 0 fully saturated rings. The molecule has 3 aromatic carbocycles. The van der Waals surface area contributed by atoms with Crippen LogP contribution >= 0.6 is 0 Å². The Kier molecular flexibility index (Phi) is 6.67. The van der Waals surface area contributed by atoms with Crippen molar-refractivity contribution < 1.29 is 23.7 Å². The highest BCUT2D eigenvalue weighted by Crippen LogP contribution is 2.46. The molecule has 0 aromatic heterocycles. The summed E-state index contributed by atoms with van der Waals surface area (Å²) in [6, 6.07) is 15.6. The Hall–Kier alpha value is -3.41. The maximum absolute atomic E-state index is 12.1. The van der Waals surface area contributed by atoms with Crippen LogP contribution in [0.15, 0.2) is 48.5 Å². The number of carbonyl (C=O) groups excluding carboxylic acids is 1. The van der Waals surface area contributed by atoms with Gasteiger partial charge in [-0.05, 0) is 42.1 Å². The molecule has 0 atom stereocenters. The lowest BCUT2D eigenvalue weighted by Gasteiger charge is -2.18. The molecule has 6 heteroatoms. The Morgan fingerprint density at radius 1 is 0.800 bits per heavy atom. The van der Waals surface area contributed by atoms with E-state index in [4.69, 9.17) is 18.9 Å². The summed E-state index contributed by atoms with van der Waals surface area (Å²) in [5.41, 5.74) is 1.84. The number of likely N-dealkylation sites (N-methyl/N-ethyl adjacent to an activating group) is 1. The average molecular weight is 409 g/mol. The van der Waals surface area contributed by atoms with Gasteiger partial charge in [-0.1, -0.05) is 24.3 Å². The molecule has 0 unspecified atom stereocenters. The minimum Gasteiger partial charge on any atom is -0.493 e. The summed E-state index contributed by atoms with van der Waals surface area (Å²) in [4.78, 5) is 13.8. The zero-order valence-electron chi connectivity index (χ0n) is 18.0. The van der Waals surface area contributed by atoms with E-state index in [1.165, 1.54) is 0 Å². The van der Waals surface area contributed by atoms with Crippen LogP contribution in [0.2, 0.25) is 0 Å². The van der Waals surface area contributed by atoms with E-state index in [9.17, 15) is 4.79 Å². The Bertz CT molecular complexity index is 1050. The van der Waals surface area contributed by atoms with Gasteiger partial charge in [0.15, 0.2) is 18.1 Å². The van der Waals surface area contributed by atoms with Crippen molar-refractivity contribution in [2.24, 2.45) is 0 Å². The molecule has 6 nitrogen and oxygen atoms in total. The molecule has 1 amide bonds. The SMILES string of the molecule is CCN(C)C(=O)COc1ccc(-c2ccc(OC)c(OC)c2OC)c2ccccc12. The van der Waals surface area contributed by atoms with Crippen LogP contribution in [0, 0.1) is 0 Å². The lowest BCUT2D eigenvalue weighted by molar-refractivity contribution is -0.131. The lowest BCUT2D eigenvalue weighted by Crippen LogP contribution is -2.31. The Morgan fingerprint density at radius 2 is 1.43 bits per heavy atom. The highest BCUT2D eigenvalue weighted by molar-refractivity contribution is 6.01. The van der Waals surface area contributed by atoms with Crippen molar-refractivity contribution in [1.82, 2.24) is 4.90 Å². The first kappa shape index (κ1) is 21.3. The maximum Gasteiger partial charge on any atom is 0.260 e. The molecule has 0 bridgehead atoms. The first-order chi connectivity index (χ1) is 14.5. The average Bonchev–Trinajstić information content (AvgIpc) is 2.80. The summed E-state index contributed by atoms with van der Waals surface area (Å²) in [5, 5.41) is 1.90. The van der Waals surface area contributed by atoms with E-state index in [2.05, 4.69) is 0 Å². The van der Waals surface area contributed by atoms with E-state index in [1.54, 1.807) is 33.3 Å². The monoisotopic (exact) mass is 409 g/mol. The maximum atomic E-state index is 12.1. The van der Waals surface area contributed by atoms with Crippen LogP contribution in [0.5, 0.6) is 23.0 Å². The van der Waals surface area contributed by atoms with Crippen molar-refractivity contribution in [2.75, 3.05) is 41.5 Å². The van der Waals surface area contributed by atoms with Gasteiger partial charge < -0.3 is 23.8 Å². The molecule has 0 heterocycles.